The van der Waals surface area contributed by atoms with Crippen LogP contribution in [0.5, 0.6) is 0 Å². The molecule has 0 fully saturated rings. The Morgan fingerprint density at radius 3 is 2.00 bits per heavy atom. The van der Waals surface area contributed by atoms with Gasteiger partial charge in [-0.25, -0.2) is 14.3 Å². The average Bonchev–Trinajstić information content (AvgIpc) is 2.89. The SMILES string of the molecule is C[C@H](NC(=O)C(CC(=O)NCC(C)(C)C)NC(=O)c1ccc(C(=O)NO)cc1)C(=O)NCc1ccc(F)cc1F. The van der Waals surface area contributed by atoms with E-state index in [1.54, 1.807) is 0 Å². The Balaban J connectivity index is 2.10. The van der Waals surface area contributed by atoms with Gasteiger partial charge in [0.25, 0.3) is 11.8 Å². The van der Waals surface area contributed by atoms with Gasteiger partial charge in [0.1, 0.15) is 23.7 Å². The van der Waals surface area contributed by atoms with Crippen LogP contribution in [0.1, 0.15) is 60.4 Å². The van der Waals surface area contributed by atoms with Gasteiger partial charge in [-0.1, -0.05) is 26.8 Å². The highest BCUT2D eigenvalue weighted by Crippen LogP contribution is 2.11. The predicted octanol–water partition coefficient (Wildman–Crippen LogP) is 1.56. The first-order chi connectivity index (χ1) is 18.7. The fraction of sp³-hybridized carbons (Fsp3) is 0.370. The van der Waals surface area contributed by atoms with Crippen LogP contribution in [-0.4, -0.2) is 53.4 Å². The van der Waals surface area contributed by atoms with E-state index in [-0.39, 0.29) is 28.7 Å². The van der Waals surface area contributed by atoms with Gasteiger partial charge in [-0.05, 0) is 42.7 Å². The van der Waals surface area contributed by atoms with Crippen molar-refractivity contribution < 1.29 is 38.0 Å². The summed E-state index contributed by atoms with van der Waals surface area (Å²) in [5.74, 6) is -5.15. The van der Waals surface area contributed by atoms with E-state index in [0.29, 0.717) is 12.6 Å². The van der Waals surface area contributed by atoms with E-state index in [4.69, 9.17) is 5.21 Å². The van der Waals surface area contributed by atoms with Crippen LogP contribution in [0.15, 0.2) is 42.5 Å². The van der Waals surface area contributed by atoms with Crippen molar-refractivity contribution in [2.24, 2.45) is 5.41 Å². The number of hydroxylamine groups is 1. The molecule has 13 heteroatoms. The second kappa shape index (κ2) is 14.1. The summed E-state index contributed by atoms with van der Waals surface area (Å²) in [6, 6.07) is 5.53. The zero-order valence-electron chi connectivity index (χ0n) is 22.6. The largest absolute Gasteiger partial charge is 0.355 e. The normalized spacial score (nSPS) is 12.5. The van der Waals surface area contributed by atoms with Gasteiger partial charge >= 0.3 is 0 Å². The molecule has 0 aliphatic carbocycles. The summed E-state index contributed by atoms with van der Waals surface area (Å²) in [5.41, 5.74) is 1.41. The lowest BCUT2D eigenvalue weighted by molar-refractivity contribution is -0.131. The molecule has 0 aliphatic rings. The topological polar surface area (TPSA) is 166 Å². The molecule has 0 radical (unpaired) electrons. The highest BCUT2D eigenvalue weighted by molar-refractivity contribution is 6.01. The van der Waals surface area contributed by atoms with Gasteiger partial charge in [-0.2, -0.15) is 0 Å². The first-order valence-electron chi connectivity index (χ1n) is 12.3. The van der Waals surface area contributed by atoms with Crippen molar-refractivity contribution in [2.45, 2.75) is 52.7 Å². The molecule has 0 bridgehead atoms. The third-order valence-electron chi connectivity index (χ3n) is 5.56. The number of carbonyl (C=O) groups excluding carboxylic acids is 5. The minimum absolute atomic E-state index is 0.0384. The van der Waals surface area contributed by atoms with Crippen molar-refractivity contribution in [2.75, 3.05) is 6.54 Å². The average molecular weight is 562 g/mol. The fourth-order valence-corrected chi connectivity index (χ4v) is 3.29. The molecular weight excluding hydrogens is 528 g/mol. The molecule has 2 rings (SSSR count). The van der Waals surface area contributed by atoms with E-state index in [0.717, 1.165) is 6.07 Å². The summed E-state index contributed by atoms with van der Waals surface area (Å²) in [7, 11) is 0. The summed E-state index contributed by atoms with van der Waals surface area (Å²) >= 11 is 0. The van der Waals surface area contributed by atoms with Crippen LogP contribution in [0.25, 0.3) is 0 Å². The third-order valence-corrected chi connectivity index (χ3v) is 5.56. The zero-order valence-corrected chi connectivity index (χ0v) is 22.6. The Kier molecular flexibility index (Phi) is 11.2. The number of benzene rings is 2. The van der Waals surface area contributed by atoms with Crippen molar-refractivity contribution in [3.8, 4) is 0 Å². The van der Waals surface area contributed by atoms with Gasteiger partial charge in [0.15, 0.2) is 0 Å². The van der Waals surface area contributed by atoms with E-state index >= 15 is 0 Å². The van der Waals surface area contributed by atoms with Crippen LogP contribution in [0.3, 0.4) is 0 Å². The number of halogens is 2. The monoisotopic (exact) mass is 561 g/mol. The van der Waals surface area contributed by atoms with Crippen molar-refractivity contribution in [1.29, 1.82) is 0 Å². The van der Waals surface area contributed by atoms with Crippen LogP contribution in [0.2, 0.25) is 0 Å². The Morgan fingerprint density at radius 2 is 1.45 bits per heavy atom. The lowest BCUT2D eigenvalue weighted by Crippen LogP contribution is -2.54. The van der Waals surface area contributed by atoms with Gasteiger partial charge in [-0.3, -0.25) is 29.2 Å². The molecule has 6 N–H and O–H groups in total. The van der Waals surface area contributed by atoms with E-state index in [1.165, 1.54) is 42.7 Å². The zero-order chi connectivity index (χ0) is 30.0. The maximum atomic E-state index is 13.8. The summed E-state index contributed by atoms with van der Waals surface area (Å²) in [6.07, 6.45) is -0.437. The van der Waals surface area contributed by atoms with Gasteiger partial charge < -0.3 is 21.3 Å². The molecule has 0 saturated heterocycles. The van der Waals surface area contributed by atoms with Crippen LogP contribution in [0.4, 0.5) is 8.78 Å². The Hall–Kier alpha value is -4.39. The Labute approximate surface area is 230 Å². The molecule has 2 atom stereocenters. The molecule has 2 aromatic rings. The minimum atomic E-state index is -1.38. The maximum absolute atomic E-state index is 13.8. The smallest absolute Gasteiger partial charge is 0.274 e. The second-order valence-corrected chi connectivity index (χ2v) is 10.3. The molecule has 0 aromatic heterocycles. The molecule has 0 heterocycles. The van der Waals surface area contributed by atoms with Crippen LogP contribution in [-0.2, 0) is 20.9 Å². The third kappa shape index (κ3) is 10.1. The fourth-order valence-electron chi connectivity index (χ4n) is 3.29. The summed E-state index contributed by atoms with van der Waals surface area (Å²) in [5, 5.41) is 18.7. The lowest BCUT2D eigenvalue weighted by atomic mass is 9.97. The Bertz CT molecular complexity index is 1250. The van der Waals surface area contributed by atoms with E-state index in [1.807, 2.05) is 20.8 Å². The quantitative estimate of drug-likeness (QED) is 0.180. The molecular formula is C27H33F2N5O6. The highest BCUT2D eigenvalue weighted by Gasteiger charge is 2.28. The summed E-state index contributed by atoms with van der Waals surface area (Å²) < 4.78 is 26.9. The maximum Gasteiger partial charge on any atom is 0.274 e. The van der Waals surface area contributed by atoms with Crippen LogP contribution in [0, 0.1) is 17.0 Å². The number of amides is 5. The lowest BCUT2D eigenvalue weighted by Gasteiger charge is -2.23. The van der Waals surface area contributed by atoms with E-state index in [9.17, 15) is 32.8 Å². The first-order valence-corrected chi connectivity index (χ1v) is 12.3. The van der Waals surface area contributed by atoms with Gasteiger partial charge in [0, 0.05) is 35.8 Å². The van der Waals surface area contributed by atoms with Crippen LogP contribution >= 0.6 is 0 Å². The van der Waals surface area contributed by atoms with Crippen molar-refractivity contribution in [3.05, 3.63) is 70.8 Å². The number of carbonyl (C=O) groups is 5. The highest BCUT2D eigenvalue weighted by atomic mass is 19.1. The molecule has 11 nitrogen and oxygen atoms in total. The molecule has 2 aromatic carbocycles. The molecule has 0 spiro atoms. The summed E-state index contributed by atoms with van der Waals surface area (Å²) in [4.78, 5) is 62.4. The number of hydrogen-bond acceptors (Lipinski definition) is 6. The first kappa shape index (κ1) is 31.8. The molecule has 40 heavy (non-hydrogen) atoms. The van der Waals surface area contributed by atoms with E-state index in [2.05, 4.69) is 21.3 Å². The molecule has 1 unspecified atom stereocenters. The molecule has 5 amide bonds. The number of rotatable bonds is 11. The predicted molar refractivity (Wildman–Crippen MR) is 140 cm³/mol. The van der Waals surface area contributed by atoms with Gasteiger partial charge in [0.2, 0.25) is 17.7 Å². The van der Waals surface area contributed by atoms with Gasteiger partial charge in [0.05, 0.1) is 6.42 Å². The standard InChI is InChI=1S/C27H33F2N5O6/c1-15(23(36)30-13-18-9-10-19(28)11-20(18)29)32-26(39)21(12-22(35)31-14-27(2,3)4)33-24(37)16-5-7-17(8-6-16)25(38)34-40/h5-11,15,21,40H,12-14H2,1-4H3,(H,30,36)(H,31,35)(H,32,39)(H,33,37)(H,34,38)/t15-,21?/m0/s1. The minimum Gasteiger partial charge on any atom is -0.355 e. The molecule has 0 saturated carbocycles. The van der Waals surface area contributed by atoms with Crippen LogP contribution < -0.4 is 26.7 Å². The number of nitrogens with one attached hydrogen (secondary N) is 5. The summed E-state index contributed by atoms with van der Waals surface area (Å²) in [6.45, 7) is 7.11. The van der Waals surface area contributed by atoms with Crippen molar-refractivity contribution >= 4 is 29.5 Å². The molecule has 216 valence electrons. The number of hydrogen-bond donors (Lipinski definition) is 6. The Morgan fingerprint density at radius 1 is 0.850 bits per heavy atom. The van der Waals surface area contributed by atoms with Gasteiger partial charge in [-0.15, -0.1) is 0 Å². The van der Waals surface area contributed by atoms with Crippen molar-refractivity contribution in [1.82, 2.24) is 26.7 Å². The van der Waals surface area contributed by atoms with Crippen molar-refractivity contribution in [3.63, 3.8) is 0 Å². The van der Waals surface area contributed by atoms with E-state index < -0.39 is 59.7 Å². The molecule has 0 aliphatic heterocycles. The second-order valence-electron chi connectivity index (χ2n) is 10.3.